The normalized spacial score (nSPS) is 8.83. The van der Waals surface area contributed by atoms with Crippen molar-refractivity contribution in [3.8, 4) is 0 Å². The highest BCUT2D eigenvalue weighted by atomic mass is 79.9. The van der Waals surface area contributed by atoms with Crippen molar-refractivity contribution in [2.45, 2.75) is 6.92 Å². The van der Waals surface area contributed by atoms with E-state index in [0.717, 1.165) is 0 Å². The molecule has 1 N–H and O–H groups in total. The van der Waals surface area contributed by atoms with E-state index < -0.39 is 5.97 Å². The number of carbonyl (C=O) groups is 1. The maximum Gasteiger partial charge on any atom is 0.355 e. The first-order chi connectivity index (χ1) is 5.13. The Bertz CT molecular complexity index is 306. The highest BCUT2D eigenvalue weighted by Gasteiger charge is 2.11. The molecule has 1 rings (SSSR count). The Kier molecular flexibility index (Phi) is 4.12. The van der Waals surface area contributed by atoms with Crippen LogP contribution in [-0.4, -0.2) is 21.0 Å². The van der Waals surface area contributed by atoms with Gasteiger partial charge in [0.05, 0.1) is 10.2 Å². The van der Waals surface area contributed by atoms with Crippen LogP contribution in [0.1, 0.15) is 16.2 Å². The third-order valence-corrected chi connectivity index (χ3v) is 2.12. The van der Waals surface area contributed by atoms with Crippen LogP contribution in [0.15, 0.2) is 10.8 Å². The van der Waals surface area contributed by atoms with E-state index in [1.165, 1.54) is 6.33 Å². The molecule has 6 heteroatoms. The molecule has 0 aliphatic carbocycles. The Morgan fingerprint density at radius 3 is 2.58 bits per heavy atom. The number of hydrogen-bond acceptors (Lipinski definition) is 3. The van der Waals surface area contributed by atoms with Crippen molar-refractivity contribution in [1.82, 2.24) is 9.97 Å². The summed E-state index contributed by atoms with van der Waals surface area (Å²) in [4.78, 5) is 17.8. The van der Waals surface area contributed by atoms with Gasteiger partial charge in [-0.3, -0.25) is 0 Å². The molecule has 1 aromatic rings. The van der Waals surface area contributed by atoms with Crippen LogP contribution in [0, 0.1) is 6.92 Å². The number of aromatic nitrogens is 2. The molecule has 0 fully saturated rings. The Balaban J connectivity index is 0.00000121. The van der Waals surface area contributed by atoms with E-state index in [1.54, 1.807) is 6.92 Å². The van der Waals surface area contributed by atoms with Gasteiger partial charge in [0.25, 0.3) is 0 Å². The quantitative estimate of drug-likeness (QED) is 0.827. The highest BCUT2D eigenvalue weighted by Crippen LogP contribution is 2.16. The second-order valence-electron chi connectivity index (χ2n) is 1.93. The maximum atomic E-state index is 10.5. The summed E-state index contributed by atoms with van der Waals surface area (Å²) in [7, 11) is 0. The van der Waals surface area contributed by atoms with Gasteiger partial charge in [0.2, 0.25) is 0 Å². The Labute approximate surface area is 83.6 Å². The molecule has 0 spiro atoms. The monoisotopic (exact) mass is 252 g/mol. The molecular formula is C6H6BrClN2O2. The van der Waals surface area contributed by atoms with Gasteiger partial charge >= 0.3 is 5.97 Å². The zero-order valence-electron chi connectivity index (χ0n) is 6.11. The fourth-order valence-corrected chi connectivity index (χ4v) is 0.981. The van der Waals surface area contributed by atoms with Crippen molar-refractivity contribution in [1.29, 1.82) is 0 Å². The van der Waals surface area contributed by atoms with Gasteiger partial charge in [-0.1, -0.05) is 0 Å². The van der Waals surface area contributed by atoms with Gasteiger partial charge in [0.1, 0.15) is 6.33 Å². The van der Waals surface area contributed by atoms with Crippen molar-refractivity contribution in [2.24, 2.45) is 0 Å². The molecule has 0 aromatic carbocycles. The molecule has 4 nitrogen and oxygen atoms in total. The second-order valence-corrected chi connectivity index (χ2v) is 2.72. The van der Waals surface area contributed by atoms with Crippen molar-refractivity contribution >= 4 is 34.3 Å². The van der Waals surface area contributed by atoms with Gasteiger partial charge in [-0.25, -0.2) is 14.8 Å². The van der Waals surface area contributed by atoms with Crippen LogP contribution in [-0.2, 0) is 0 Å². The van der Waals surface area contributed by atoms with Crippen LogP contribution in [0.3, 0.4) is 0 Å². The fraction of sp³-hybridized carbons (Fsp3) is 0.167. The first-order valence-corrected chi connectivity index (χ1v) is 3.62. The second kappa shape index (κ2) is 4.37. The Morgan fingerprint density at radius 1 is 1.58 bits per heavy atom. The lowest BCUT2D eigenvalue weighted by Crippen LogP contribution is -2.03. The van der Waals surface area contributed by atoms with Crippen molar-refractivity contribution in [2.75, 3.05) is 0 Å². The average Bonchev–Trinajstić information content (AvgIpc) is 1.94. The molecule has 0 aliphatic rings. The molecule has 0 bridgehead atoms. The third kappa shape index (κ3) is 2.15. The minimum Gasteiger partial charge on any atom is -0.476 e. The Hall–Kier alpha value is -0.680. The molecule has 66 valence electrons. The van der Waals surface area contributed by atoms with Crippen LogP contribution in [0.25, 0.3) is 0 Å². The van der Waals surface area contributed by atoms with Gasteiger partial charge in [-0.2, -0.15) is 0 Å². The van der Waals surface area contributed by atoms with Crippen LogP contribution in [0.4, 0.5) is 0 Å². The molecule has 0 amide bonds. The van der Waals surface area contributed by atoms with E-state index in [2.05, 4.69) is 25.9 Å². The summed E-state index contributed by atoms with van der Waals surface area (Å²) in [6, 6.07) is 0. The van der Waals surface area contributed by atoms with Crippen LogP contribution < -0.4 is 0 Å². The third-order valence-electron chi connectivity index (χ3n) is 1.17. The number of aromatic carboxylic acids is 1. The van der Waals surface area contributed by atoms with Gasteiger partial charge < -0.3 is 5.11 Å². The summed E-state index contributed by atoms with van der Waals surface area (Å²) in [5.41, 5.74) is 0.620. The van der Waals surface area contributed by atoms with Crippen molar-refractivity contribution < 1.29 is 9.90 Å². The van der Waals surface area contributed by atoms with Crippen LogP contribution >= 0.6 is 28.3 Å². The minimum absolute atomic E-state index is 0. The lowest BCUT2D eigenvalue weighted by atomic mass is 10.3. The van der Waals surface area contributed by atoms with E-state index in [-0.39, 0.29) is 18.1 Å². The van der Waals surface area contributed by atoms with E-state index in [4.69, 9.17) is 5.11 Å². The van der Waals surface area contributed by atoms with E-state index in [1.807, 2.05) is 0 Å². The number of carboxylic acid groups (broad SMARTS) is 1. The highest BCUT2D eigenvalue weighted by molar-refractivity contribution is 9.10. The molecule has 12 heavy (non-hydrogen) atoms. The Morgan fingerprint density at radius 2 is 2.17 bits per heavy atom. The molecule has 1 aromatic heterocycles. The SMILES string of the molecule is Cc1ncnc(C(=O)O)c1Br.Cl. The van der Waals surface area contributed by atoms with Gasteiger partial charge in [0.15, 0.2) is 5.69 Å². The summed E-state index contributed by atoms with van der Waals surface area (Å²) in [5.74, 6) is -1.05. The number of rotatable bonds is 1. The van der Waals surface area contributed by atoms with E-state index >= 15 is 0 Å². The van der Waals surface area contributed by atoms with E-state index in [0.29, 0.717) is 10.2 Å². The predicted octanol–water partition coefficient (Wildman–Crippen LogP) is 1.67. The topological polar surface area (TPSA) is 63.1 Å². The molecule has 0 saturated heterocycles. The number of hydrogen-bond donors (Lipinski definition) is 1. The average molecular weight is 253 g/mol. The largest absolute Gasteiger partial charge is 0.476 e. The number of aryl methyl sites for hydroxylation is 1. The predicted molar refractivity (Wildman–Crippen MR) is 48.7 cm³/mol. The van der Waals surface area contributed by atoms with Gasteiger partial charge in [0, 0.05) is 0 Å². The zero-order valence-corrected chi connectivity index (χ0v) is 8.52. The molecule has 0 atom stereocenters. The van der Waals surface area contributed by atoms with Crippen molar-refractivity contribution in [3.05, 3.63) is 22.2 Å². The molecule has 0 saturated carbocycles. The smallest absolute Gasteiger partial charge is 0.355 e. The summed E-state index contributed by atoms with van der Waals surface area (Å²) in [5, 5.41) is 8.57. The fourth-order valence-electron chi connectivity index (χ4n) is 0.607. The standard InChI is InChI=1S/C6H5BrN2O2.ClH/c1-3-4(7)5(6(10)11)9-2-8-3;/h2H,1H3,(H,10,11);1H. The van der Waals surface area contributed by atoms with Gasteiger partial charge in [-0.05, 0) is 22.9 Å². The van der Waals surface area contributed by atoms with Crippen LogP contribution in [0.2, 0.25) is 0 Å². The molecular weight excluding hydrogens is 247 g/mol. The lowest BCUT2D eigenvalue weighted by Gasteiger charge is -1.98. The minimum atomic E-state index is -1.05. The van der Waals surface area contributed by atoms with E-state index in [9.17, 15) is 4.79 Å². The first kappa shape index (κ1) is 11.3. The number of carboxylic acids is 1. The van der Waals surface area contributed by atoms with Crippen LogP contribution in [0.5, 0.6) is 0 Å². The molecule has 1 heterocycles. The summed E-state index contributed by atoms with van der Waals surface area (Å²) in [6.07, 6.45) is 1.23. The molecule has 0 radical (unpaired) electrons. The maximum absolute atomic E-state index is 10.5. The summed E-state index contributed by atoms with van der Waals surface area (Å²) < 4.78 is 0.438. The van der Waals surface area contributed by atoms with Crippen molar-refractivity contribution in [3.63, 3.8) is 0 Å². The molecule has 0 aliphatic heterocycles. The first-order valence-electron chi connectivity index (χ1n) is 2.83. The summed E-state index contributed by atoms with van der Waals surface area (Å²) in [6.45, 7) is 1.71. The molecule has 0 unspecified atom stereocenters. The number of halogens is 2. The van der Waals surface area contributed by atoms with Gasteiger partial charge in [-0.15, -0.1) is 12.4 Å². The zero-order chi connectivity index (χ0) is 8.43. The number of nitrogens with zero attached hydrogens (tertiary/aromatic N) is 2. The lowest BCUT2D eigenvalue weighted by molar-refractivity contribution is 0.0689. The summed E-state index contributed by atoms with van der Waals surface area (Å²) >= 11 is 3.07.